The quantitative estimate of drug-likeness (QED) is 0.876. The summed E-state index contributed by atoms with van der Waals surface area (Å²) >= 11 is 5.54. The van der Waals surface area contributed by atoms with Crippen LogP contribution in [0.3, 0.4) is 0 Å². The molecule has 1 atom stereocenters. The van der Waals surface area contributed by atoms with E-state index in [1.165, 1.54) is 6.07 Å². The number of anilines is 1. The van der Waals surface area contributed by atoms with Crippen LogP contribution in [0.25, 0.3) is 0 Å². The third-order valence-electron chi connectivity index (χ3n) is 2.60. The number of carbonyl (C=O) groups is 1. The van der Waals surface area contributed by atoms with Crippen molar-refractivity contribution in [1.29, 1.82) is 0 Å². The van der Waals surface area contributed by atoms with Gasteiger partial charge in [-0.15, -0.1) is 0 Å². The van der Waals surface area contributed by atoms with Gasteiger partial charge >= 0.3 is 6.18 Å². The third-order valence-corrected chi connectivity index (χ3v) is 2.84. The summed E-state index contributed by atoms with van der Waals surface area (Å²) in [5.74, 6) is -0.785. The zero-order valence-corrected chi connectivity index (χ0v) is 10.7. The molecule has 0 spiro atoms. The normalized spacial score (nSPS) is 13.2. The second kappa shape index (κ2) is 5.61. The fourth-order valence-electron chi connectivity index (χ4n) is 1.30. The molecule has 0 heterocycles. The molecule has 0 saturated carbocycles. The summed E-state index contributed by atoms with van der Waals surface area (Å²) < 4.78 is 38.3. The van der Waals surface area contributed by atoms with Gasteiger partial charge in [-0.2, -0.15) is 13.2 Å². The van der Waals surface area contributed by atoms with Crippen LogP contribution in [0, 0.1) is 5.92 Å². The number of benzene rings is 1. The van der Waals surface area contributed by atoms with Gasteiger partial charge in [0.05, 0.1) is 11.3 Å². The van der Waals surface area contributed by atoms with Crippen LogP contribution in [0.5, 0.6) is 0 Å². The van der Waals surface area contributed by atoms with Gasteiger partial charge in [0.1, 0.15) is 0 Å². The molecule has 1 N–H and O–H groups in total. The lowest BCUT2D eigenvalue weighted by Gasteiger charge is -2.16. The molecule has 1 aromatic carbocycles. The van der Waals surface area contributed by atoms with Gasteiger partial charge < -0.3 is 5.32 Å². The fraction of sp³-hybridized carbons (Fsp3) is 0.417. The van der Waals surface area contributed by atoms with Gasteiger partial charge in [0.25, 0.3) is 0 Å². The standard InChI is InChI=1S/C12H13ClF3NO/c1-3-7(2)11(18)17-10-5-4-8(13)6-9(10)12(14,15)16/h4-7H,3H2,1-2H3,(H,17,18)/t7-/m0/s1. The lowest BCUT2D eigenvalue weighted by molar-refractivity contribution is -0.137. The third kappa shape index (κ3) is 3.63. The molecular formula is C12H13ClF3NO. The van der Waals surface area contributed by atoms with Crippen LogP contribution in [0.4, 0.5) is 18.9 Å². The molecule has 0 aliphatic rings. The largest absolute Gasteiger partial charge is 0.418 e. The van der Waals surface area contributed by atoms with Crippen molar-refractivity contribution in [3.05, 3.63) is 28.8 Å². The number of carbonyl (C=O) groups excluding carboxylic acids is 1. The van der Waals surface area contributed by atoms with E-state index in [9.17, 15) is 18.0 Å². The van der Waals surface area contributed by atoms with E-state index in [1.807, 2.05) is 0 Å². The first-order valence-electron chi connectivity index (χ1n) is 5.43. The van der Waals surface area contributed by atoms with Crippen LogP contribution in [-0.2, 0) is 11.0 Å². The second-order valence-electron chi connectivity index (χ2n) is 3.99. The minimum absolute atomic E-state index is 0.0242. The lowest BCUT2D eigenvalue weighted by Crippen LogP contribution is -2.22. The first-order valence-corrected chi connectivity index (χ1v) is 5.81. The zero-order valence-electron chi connectivity index (χ0n) is 9.94. The van der Waals surface area contributed by atoms with Crippen LogP contribution >= 0.6 is 11.6 Å². The van der Waals surface area contributed by atoms with Gasteiger partial charge in [-0.1, -0.05) is 25.4 Å². The van der Waals surface area contributed by atoms with Crippen molar-refractivity contribution in [2.24, 2.45) is 5.92 Å². The molecule has 1 amide bonds. The number of halogens is 4. The van der Waals surface area contributed by atoms with Gasteiger partial charge in [0.2, 0.25) is 5.91 Å². The Bertz CT molecular complexity index is 445. The Morgan fingerprint density at radius 2 is 2.06 bits per heavy atom. The van der Waals surface area contributed by atoms with Crippen molar-refractivity contribution in [1.82, 2.24) is 0 Å². The van der Waals surface area contributed by atoms with Gasteiger partial charge in [0.15, 0.2) is 0 Å². The summed E-state index contributed by atoms with van der Waals surface area (Å²) in [4.78, 5) is 11.6. The molecule has 0 aliphatic carbocycles. The molecule has 1 rings (SSSR count). The van der Waals surface area contributed by atoms with Gasteiger partial charge in [-0.25, -0.2) is 0 Å². The summed E-state index contributed by atoms with van der Waals surface area (Å²) in [6.45, 7) is 3.44. The van der Waals surface area contributed by atoms with Gasteiger partial charge in [0, 0.05) is 10.9 Å². The Kier molecular flexibility index (Phi) is 4.62. The van der Waals surface area contributed by atoms with Gasteiger partial charge in [-0.05, 0) is 24.6 Å². The Morgan fingerprint density at radius 1 is 1.44 bits per heavy atom. The molecule has 100 valence electrons. The highest BCUT2D eigenvalue weighted by atomic mass is 35.5. The smallest absolute Gasteiger partial charge is 0.325 e. The number of rotatable bonds is 3. The van der Waals surface area contributed by atoms with Crippen molar-refractivity contribution >= 4 is 23.2 Å². The van der Waals surface area contributed by atoms with E-state index in [-0.39, 0.29) is 16.6 Å². The van der Waals surface area contributed by atoms with Crippen LogP contribution in [0.1, 0.15) is 25.8 Å². The highest BCUT2D eigenvalue weighted by molar-refractivity contribution is 6.30. The van der Waals surface area contributed by atoms with E-state index in [1.54, 1.807) is 13.8 Å². The Morgan fingerprint density at radius 3 is 2.56 bits per heavy atom. The fourth-order valence-corrected chi connectivity index (χ4v) is 1.47. The summed E-state index contributed by atoms with van der Waals surface area (Å²) in [6.07, 6.45) is -4.00. The zero-order chi connectivity index (χ0) is 13.9. The molecule has 6 heteroatoms. The Hall–Kier alpha value is -1.23. The van der Waals surface area contributed by atoms with Crippen LogP contribution in [0.15, 0.2) is 18.2 Å². The summed E-state index contributed by atoms with van der Waals surface area (Å²) in [5, 5.41) is 2.25. The first kappa shape index (κ1) is 14.8. The molecule has 1 aromatic rings. The average molecular weight is 280 g/mol. The maximum Gasteiger partial charge on any atom is 0.418 e. The molecule has 18 heavy (non-hydrogen) atoms. The lowest BCUT2D eigenvalue weighted by atomic mass is 10.1. The Balaban J connectivity index is 3.06. The molecule has 0 aromatic heterocycles. The van der Waals surface area contributed by atoms with E-state index >= 15 is 0 Å². The molecular weight excluding hydrogens is 267 g/mol. The number of amides is 1. The molecule has 0 unspecified atom stereocenters. The van der Waals surface area contributed by atoms with E-state index < -0.39 is 17.6 Å². The maximum atomic E-state index is 12.8. The molecule has 0 radical (unpaired) electrons. The maximum absolute atomic E-state index is 12.8. The van der Waals surface area contributed by atoms with Crippen molar-refractivity contribution in [3.63, 3.8) is 0 Å². The second-order valence-corrected chi connectivity index (χ2v) is 4.42. The first-order chi connectivity index (χ1) is 8.25. The molecule has 0 fully saturated rings. The molecule has 0 saturated heterocycles. The number of hydrogen-bond acceptors (Lipinski definition) is 1. The highest BCUT2D eigenvalue weighted by Gasteiger charge is 2.34. The SMILES string of the molecule is CC[C@H](C)C(=O)Nc1ccc(Cl)cc1C(F)(F)F. The van der Waals surface area contributed by atoms with E-state index in [0.29, 0.717) is 6.42 Å². The predicted octanol–water partition coefficient (Wildman–Crippen LogP) is 4.34. The number of hydrogen-bond donors (Lipinski definition) is 1. The van der Waals surface area contributed by atoms with Crippen LogP contribution in [-0.4, -0.2) is 5.91 Å². The summed E-state index contributed by atoms with van der Waals surface area (Å²) in [5.41, 5.74) is -1.20. The topological polar surface area (TPSA) is 29.1 Å². The number of alkyl halides is 3. The summed E-state index contributed by atoms with van der Waals surface area (Å²) in [6, 6.07) is 3.27. The monoisotopic (exact) mass is 279 g/mol. The molecule has 2 nitrogen and oxygen atoms in total. The molecule has 0 aliphatic heterocycles. The van der Waals surface area contributed by atoms with Crippen molar-refractivity contribution in [2.45, 2.75) is 26.4 Å². The predicted molar refractivity (Wildman–Crippen MR) is 64.5 cm³/mol. The van der Waals surface area contributed by atoms with Crippen LogP contribution < -0.4 is 5.32 Å². The minimum Gasteiger partial charge on any atom is -0.325 e. The van der Waals surface area contributed by atoms with Gasteiger partial charge in [-0.3, -0.25) is 4.79 Å². The van der Waals surface area contributed by atoms with E-state index in [0.717, 1.165) is 12.1 Å². The van der Waals surface area contributed by atoms with Crippen molar-refractivity contribution in [3.8, 4) is 0 Å². The average Bonchev–Trinajstić information content (AvgIpc) is 2.28. The molecule has 0 bridgehead atoms. The van der Waals surface area contributed by atoms with Crippen LogP contribution in [0.2, 0.25) is 5.02 Å². The Labute approximate surface area is 108 Å². The number of nitrogens with one attached hydrogen (secondary N) is 1. The summed E-state index contributed by atoms with van der Waals surface area (Å²) in [7, 11) is 0. The van der Waals surface area contributed by atoms with E-state index in [2.05, 4.69) is 5.32 Å². The van der Waals surface area contributed by atoms with Crippen molar-refractivity contribution < 1.29 is 18.0 Å². The minimum atomic E-state index is -4.55. The van der Waals surface area contributed by atoms with Crippen molar-refractivity contribution in [2.75, 3.05) is 5.32 Å². The highest BCUT2D eigenvalue weighted by Crippen LogP contribution is 2.36. The van der Waals surface area contributed by atoms with E-state index in [4.69, 9.17) is 11.6 Å².